The Bertz CT molecular complexity index is 275. The molecule has 13 heavy (non-hydrogen) atoms. The average Bonchev–Trinajstić information content (AvgIpc) is 2.15. The highest BCUT2D eigenvalue weighted by molar-refractivity contribution is 8.01. The Kier molecular flexibility index (Phi) is 4.03. The van der Waals surface area contributed by atoms with Gasteiger partial charge in [0.25, 0.3) is 0 Å². The molecule has 0 aliphatic heterocycles. The Balaban J connectivity index is 2.75. The van der Waals surface area contributed by atoms with Crippen LogP contribution in [0, 0.1) is 0 Å². The minimum atomic E-state index is 0.540. The zero-order valence-electron chi connectivity index (χ0n) is 8.40. The van der Waals surface area contributed by atoms with Crippen LogP contribution in [0.2, 0.25) is 0 Å². The summed E-state index contributed by atoms with van der Waals surface area (Å²) in [5.74, 6) is 0. The maximum atomic E-state index is 2.19. The van der Waals surface area contributed by atoms with Crippen LogP contribution < -0.4 is 4.57 Å². The summed E-state index contributed by atoms with van der Waals surface area (Å²) in [4.78, 5) is 0. The molecule has 0 aliphatic rings. The van der Waals surface area contributed by atoms with Crippen LogP contribution in [0.25, 0.3) is 6.08 Å². The van der Waals surface area contributed by atoms with Crippen molar-refractivity contribution in [2.75, 3.05) is 6.26 Å². The van der Waals surface area contributed by atoms with Gasteiger partial charge in [-0.1, -0.05) is 0 Å². The van der Waals surface area contributed by atoms with E-state index in [1.807, 2.05) is 0 Å². The molecule has 1 aromatic rings. The van der Waals surface area contributed by atoms with Crippen molar-refractivity contribution in [2.24, 2.45) is 0 Å². The Morgan fingerprint density at radius 3 is 2.38 bits per heavy atom. The van der Waals surface area contributed by atoms with Gasteiger partial charge in [0.1, 0.15) is 0 Å². The van der Waals surface area contributed by atoms with Crippen molar-refractivity contribution in [1.29, 1.82) is 0 Å². The minimum Gasteiger partial charge on any atom is -0.203 e. The number of nitrogens with zero attached hydrogens (tertiary/aromatic N) is 1. The first-order chi connectivity index (χ1) is 6.24. The average molecular weight is 194 g/mol. The highest BCUT2D eigenvalue weighted by atomic mass is 32.2. The fourth-order valence-corrected chi connectivity index (χ4v) is 1.34. The van der Waals surface area contributed by atoms with Crippen LogP contribution in [-0.4, -0.2) is 6.26 Å². The smallest absolute Gasteiger partial charge is 0.169 e. The van der Waals surface area contributed by atoms with Crippen molar-refractivity contribution in [3.8, 4) is 0 Å². The van der Waals surface area contributed by atoms with Gasteiger partial charge in [0.05, 0.1) is 0 Å². The number of thioether (sulfide) groups is 1. The Labute approximate surface area is 84.5 Å². The monoisotopic (exact) mass is 194 g/mol. The first-order valence-corrected chi connectivity index (χ1v) is 5.73. The molecule has 0 saturated heterocycles. The summed E-state index contributed by atoms with van der Waals surface area (Å²) in [6, 6.07) is 4.80. The van der Waals surface area contributed by atoms with Gasteiger partial charge in [-0.25, -0.2) is 4.57 Å². The fraction of sp³-hybridized carbons (Fsp3) is 0.364. The van der Waals surface area contributed by atoms with E-state index in [0.29, 0.717) is 6.04 Å². The topological polar surface area (TPSA) is 3.88 Å². The summed E-state index contributed by atoms with van der Waals surface area (Å²) >= 11 is 1.72. The second-order valence-electron chi connectivity index (χ2n) is 3.21. The van der Waals surface area contributed by atoms with Crippen molar-refractivity contribution in [3.05, 3.63) is 35.5 Å². The van der Waals surface area contributed by atoms with Gasteiger partial charge in [-0.15, -0.1) is 11.8 Å². The molecular formula is C11H16NS+. The summed E-state index contributed by atoms with van der Waals surface area (Å²) in [7, 11) is 0. The summed E-state index contributed by atoms with van der Waals surface area (Å²) in [5.41, 5.74) is 1.26. The molecule has 0 aliphatic carbocycles. The van der Waals surface area contributed by atoms with Crippen LogP contribution >= 0.6 is 11.8 Å². The van der Waals surface area contributed by atoms with E-state index in [9.17, 15) is 0 Å². The highest BCUT2D eigenvalue weighted by Gasteiger charge is 2.02. The highest BCUT2D eigenvalue weighted by Crippen LogP contribution is 2.04. The van der Waals surface area contributed by atoms with Gasteiger partial charge < -0.3 is 0 Å². The maximum absolute atomic E-state index is 2.19. The molecule has 0 aromatic carbocycles. The third kappa shape index (κ3) is 3.23. The molecule has 1 heterocycles. The molecular weight excluding hydrogens is 178 g/mol. The van der Waals surface area contributed by atoms with E-state index in [-0.39, 0.29) is 0 Å². The van der Waals surface area contributed by atoms with Gasteiger partial charge in [0, 0.05) is 12.1 Å². The van der Waals surface area contributed by atoms with Gasteiger partial charge >= 0.3 is 0 Å². The molecule has 0 N–H and O–H groups in total. The van der Waals surface area contributed by atoms with E-state index in [4.69, 9.17) is 0 Å². The molecule has 0 fully saturated rings. The minimum absolute atomic E-state index is 0.540. The van der Waals surface area contributed by atoms with Gasteiger partial charge in [-0.3, -0.25) is 0 Å². The number of aromatic nitrogens is 1. The van der Waals surface area contributed by atoms with E-state index < -0.39 is 0 Å². The van der Waals surface area contributed by atoms with E-state index >= 15 is 0 Å². The van der Waals surface area contributed by atoms with Crippen LogP contribution in [-0.2, 0) is 0 Å². The van der Waals surface area contributed by atoms with E-state index in [2.05, 4.69) is 60.7 Å². The Morgan fingerprint density at radius 2 is 1.92 bits per heavy atom. The van der Waals surface area contributed by atoms with Crippen LogP contribution in [0.5, 0.6) is 0 Å². The lowest BCUT2D eigenvalue weighted by Gasteiger charge is -1.99. The van der Waals surface area contributed by atoms with E-state index in [0.717, 1.165) is 0 Å². The predicted molar refractivity (Wildman–Crippen MR) is 59.6 cm³/mol. The molecule has 0 spiro atoms. The van der Waals surface area contributed by atoms with Gasteiger partial charge in [-0.05, 0) is 37.2 Å². The van der Waals surface area contributed by atoms with Gasteiger partial charge in [0.2, 0.25) is 0 Å². The fourth-order valence-electron chi connectivity index (χ4n) is 1.05. The van der Waals surface area contributed by atoms with E-state index in [1.54, 1.807) is 11.8 Å². The number of rotatable bonds is 3. The zero-order valence-corrected chi connectivity index (χ0v) is 9.21. The lowest BCUT2D eigenvalue weighted by Crippen LogP contribution is -2.34. The van der Waals surface area contributed by atoms with Crippen LogP contribution in [0.3, 0.4) is 0 Å². The summed E-state index contributed by atoms with van der Waals surface area (Å²) in [6.07, 6.45) is 8.42. The van der Waals surface area contributed by atoms with Gasteiger partial charge in [-0.2, -0.15) is 0 Å². The van der Waals surface area contributed by atoms with Crippen molar-refractivity contribution < 1.29 is 4.57 Å². The second-order valence-corrected chi connectivity index (χ2v) is 3.95. The summed E-state index contributed by atoms with van der Waals surface area (Å²) in [6.45, 7) is 4.36. The Morgan fingerprint density at radius 1 is 1.31 bits per heavy atom. The second kappa shape index (κ2) is 5.07. The molecule has 1 rings (SSSR count). The lowest BCUT2D eigenvalue weighted by molar-refractivity contribution is -0.716. The molecule has 1 nitrogen and oxygen atoms in total. The molecule has 0 unspecified atom stereocenters. The SMILES string of the molecule is CS/C=C\c1cc[n+](C(C)C)cc1. The number of hydrogen-bond acceptors (Lipinski definition) is 1. The molecule has 2 heteroatoms. The first kappa shape index (κ1) is 10.3. The molecule has 1 aromatic heterocycles. The lowest BCUT2D eigenvalue weighted by atomic mass is 10.2. The van der Waals surface area contributed by atoms with Crippen molar-refractivity contribution in [2.45, 2.75) is 19.9 Å². The molecule has 0 saturated carbocycles. The third-order valence-electron chi connectivity index (χ3n) is 1.87. The van der Waals surface area contributed by atoms with E-state index in [1.165, 1.54) is 5.56 Å². The summed E-state index contributed by atoms with van der Waals surface area (Å²) in [5, 5.41) is 2.09. The predicted octanol–water partition coefficient (Wildman–Crippen LogP) is 2.89. The van der Waals surface area contributed by atoms with Gasteiger partial charge in [0.15, 0.2) is 18.4 Å². The maximum Gasteiger partial charge on any atom is 0.169 e. The molecule has 0 bridgehead atoms. The van der Waals surface area contributed by atoms with Crippen molar-refractivity contribution in [3.63, 3.8) is 0 Å². The van der Waals surface area contributed by atoms with Crippen molar-refractivity contribution in [1.82, 2.24) is 0 Å². The van der Waals surface area contributed by atoms with Crippen LogP contribution in [0.15, 0.2) is 29.9 Å². The first-order valence-electron chi connectivity index (χ1n) is 4.44. The largest absolute Gasteiger partial charge is 0.203 e. The standard InChI is InChI=1S/C11H16NS/c1-10(2)12-7-4-11(5-8-12)6-9-13-3/h4-10H,1-3H3/q+1/b9-6-. The molecule has 0 atom stereocenters. The Hall–Kier alpha value is -0.760. The number of hydrogen-bond donors (Lipinski definition) is 0. The molecule has 70 valence electrons. The third-order valence-corrected chi connectivity index (χ3v) is 2.28. The quantitative estimate of drug-likeness (QED) is 0.669. The number of pyridine rings is 1. The zero-order chi connectivity index (χ0) is 9.68. The normalized spacial score (nSPS) is 11.4. The summed E-state index contributed by atoms with van der Waals surface area (Å²) < 4.78 is 2.19. The van der Waals surface area contributed by atoms with Crippen LogP contribution in [0.4, 0.5) is 0 Å². The molecule has 0 amide bonds. The van der Waals surface area contributed by atoms with Crippen LogP contribution in [0.1, 0.15) is 25.5 Å². The van der Waals surface area contributed by atoms with Crippen molar-refractivity contribution >= 4 is 17.8 Å². The molecule has 0 radical (unpaired) electrons.